The van der Waals surface area contributed by atoms with E-state index in [2.05, 4.69) is 14.9 Å². The van der Waals surface area contributed by atoms with E-state index in [1.165, 1.54) is 6.07 Å². The van der Waals surface area contributed by atoms with E-state index < -0.39 is 17.7 Å². The molecule has 0 radical (unpaired) electrons. The quantitative estimate of drug-likeness (QED) is 0.396. The number of aliphatic hydroxyl groups is 1. The molecule has 4 rings (SSSR count). The fraction of sp³-hybridized carbons (Fsp3) is 0.444. The smallest absolute Gasteiger partial charge is 0.227 e. The Labute approximate surface area is 216 Å². The van der Waals surface area contributed by atoms with Gasteiger partial charge in [-0.05, 0) is 31.2 Å². The topological polar surface area (TPSA) is 72.2 Å². The first-order valence-electron chi connectivity index (χ1n) is 12.4. The van der Waals surface area contributed by atoms with Crippen molar-refractivity contribution in [3.8, 4) is 17.3 Å². The molecule has 10 heteroatoms. The van der Waals surface area contributed by atoms with E-state index in [0.717, 1.165) is 36.5 Å². The molecule has 1 aliphatic rings. The van der Waals surface area contributed by atoms with Gasteiger partial charge in [-0.25, -0.2) is 13.5 Å². The van der Waals surface area contributed by atoms with E-state index in [1.54, 1.807) is 11.8 Å². The summed E-state index contributed by atoms with van der Waals surface area (Å²) in [6, 6.07) is 12.6. The summed E-state index contributed by atoms with van der Waals surface area (Å²) in [5, 5.41) is 15.5. The number of β-amino-alcohol motifs (C(OH)–C–C–N with tert-alkyl or cyclic N) is 1. The second kappa shape index (κ2) is 13.1. The Kier molecular flexibility index (Phi) is 9.59. The first-order valence-corrected chi connectivity index (χ1v) is 12.4. The lowest BCUT2D eigenvalue weighted by molar-refractivity contribution is 0.00431. The molecule has 37 heavy (non-hydrogen) atoms. The number of hydrogen-bond acceptors (Lipinski definition) is 7. The Balaban J connectivity index is 1.62. The number of aromatic nitrogens is 2. The van der Waals surface area contributed by atoms with Crippen LogP contribution in [-0.4, -0.2) is 90.4 Å². The van der Waals surface area contributed by atoms with Crippen LogP contribution in [0.5, 0.6) is 11.6 Å². The summed E-state index contributed by atoms with van der Waals surface area (Å²) in [7, 11) is 1.63. The molecule has 0 saturated carbocycles. The summed E-state index contributed by atoms with van der Waals surface area (Å²) >= 11 is 0. The number of nitrogens with zero attached hydrogens (tertiary/aromatic N) is 4. The minimum Gasteiger partial charge on any atom is -0.435 e. The minimum atomic E-state index is -0.804. The number of benzene rings is 2. The predicted octanol–water partition coefficient (Wildman–Crippen LogP) is 3.39. The zero-order valence-corrected chi connectivity index (χ0v) is 21.3. The molecule has 0 unspecified atom stereocenters. The van der Waals surface area contributed by atoms with Gasteiger partial charge in [0.25, 0.3) is 0 Å². The lowest BCUT2D eigenvalue weighted by atomic mass is 10.2. The van der Waals surface area contributed by atoms with Crippen LogP contribution in [-0.2, 0) is 16.0 Å². The maximum Gasteiger partial charge on any atom is 0.227 e. The molecule has 0 spiro atoms. The Morgan fingerprint density at radius 2 is 1.89 bits per heavy atom. The van der Waals surface area contributed by atoms with Gasteiger partial charge in [0.2, 0.25) is 5.88 Å². The SMILES string of the molecule is COCCN(Cc1c(C)nn(-c2ccccc2)c1Oc1ccc(F)cc1F)C[C@@H](O)CN1CCOCC1. The van der Waals surface area contributed by atoms with Crippen molar-refractivity contribution in [2.75, 3.05) is 59.7 Å². The molecular formula is C27H34F2N4O4. The van der Waals surface area contributed by atoms with Crippen molar-refractivity contribution >= 4 is 0 Å². The molecule has 1 aliphatic heterocycles. The maximum atomic E-state index is 14.6. The van der Waals surface area contributed by atoms with Gasteiger partial charge in [0, 0.05) is 52.4 Å². The lowest BCUT2D eigenvalue weighted by Gasteiger charge is -2.31. The molecule has 0 bridgehead atoms. The highest BCUT2D eigenvalue weighted by Crippen LogP contribution is 2.33. The van der Waals surface area contributed by atoms with Crippen molar-refractivity contribution < 1.29 is 28.1 Å². The fourth-order valence-corrected chi connectivity index (χ4v) is 4.35. The van der Waals surface area contributed by atoms with E-state index in [0.29, 0.717) is 57.6 Å². The molecule has 8 nitrogen and oxygen atoms in total. The largest absolute Gasteiger partial charge is 0.435 e. The second-order valence-corrected chi connectivity index (χ2v) is 9.09. The molecule has 1 fully saturated rings. The van der Waals surface area contributed by atoms with Crippen LogP contribution in [0.15, 0.2) is 48.5 Å². The second-order valence-electron chi connectivity index (χ2n) is 9.09. The Morgan fingerprint density at radius 3 is 2.59 bits per heavy atom. The number of ether oxygens (including phenoxy) is 3. The van der Waals surface area contributed by atoms with Gasteiger partial charge >= 0.3 is 0 Å². The zero-order valence-electron chi connectivity index (χ0n) is 21.3. The van der Waals surface area contributed by atoms with Crippen LogP contribution < -0.4 is 4.74 Å². The summed E-state index contributed by atoms with van der Waals surface area (Å²) in [5.74, 6) is -1.26. The van der Waals surface area contributed by atoms with Gasteiger partial charge < -0.3 is 19.3 Å². The summed E-state index contributed by atoms with van der Waals surface area (Å²) < 4.78 is 46.5. The van der Waals surface area contributed by atoms with Crippen molar-refractivity contribution in [2.24, 2.45) is 0 Å². The first-order chi connectivity index (χ1) is 17.9. The number of para-hydroxylation sites is 1. The molecule has 1 saturated heterocycles. The molecule has 1 atom stereocenters. The van der Waals surface area contributed by atoms with Crippen LogP contribution in [0.4, 0.5) is 8.78 Å². The van der Waals surface area contributed by atoms with Gasteiger partial charge in [-0.3, -0.25) is 9.80 Å². The number of rotatable bonds is 12. The van der Waals surface area contributed by atoms with E-state index in [9.17, 15) is 13.9 Å². The minimum absolute atomic E-state index is 0.101. The Hall–Kier alpha value is -2.89. The summed E-state index contributed by atoms with van der Waals surface area (Å²) in [4.78, 5) is 4.26. The number of aryl methyl sites for hydroxylation is 1. The van der Waals surface area contributed by atoms with Gasteiger partial charge in [0.15, 0.2) is 11.6 Å². The lowest BCUT2D eigenvalue weighted by Crippen LogP contribution is -2.45. The number of hydrogen-bond donors (Lipinski definition) is 1. The molecule has 3 aromatic rings. The average molecular weight is 517 g/mol. The third-order valence-electron chi connectivity index (χ3n) is 6.27. The summed E-state index contributed by atoms with van der Waals surface area (Å²) in [6.07, 6.45) is -0.585. The first kappa shape index (κ1) is 27.2. The number of aliphatic hydroxyl groups excluding tert-OH is 1. The van der Waals surface area contributed by atoms with E-state index in [-0.39, 0.29) is 5.75 Å². The van der Waals surface area contributed by atoms with Crippen molar-refractivity contribution in [2.45, 2.75) is 19.6 Å². The van der Waals surface area contributed by atoms with Crippen molar-refractivity contribution in [3.05, 3.63) is 71.4 Å². The summed E-state index contributed by atoms with van der Waals surface area (Å²) in [5.41, 5.74) is 2.18. The molecule has 0 amide bonds. The van der Waals surface area contributed by atoms with E-state index in [1.807, 2.05) is 37.3 Å². The highest BCUT2D eigenvalue weighted by molar-refractivity contribution is 5.43. The van der Waals surface area contributed by atoms with Crippen molar-refractivity contribution in [3.63, 3.8) is 0 Å². The van der Waals surface area contributed by atoms with Gasteiger partial charge in [0.05, 0.1) is 42.9 Å². The van der Waals surface area contributed by atoms with Crippen LogP contribution in [0.1, 0.15) is 11.3 Å². The molecule has 200 valence electrons. The van der Waals surface area contributed by atoms with Gasteiger partial charge in [-0.15, -0.1) is 0 Å². The van der Waals surface area contributed by atoms with Crippen LogP contribution in [0.2, 0.25) is 0 Å². The molecule has 2 aromatic carbocycles. The summed E-state index contributed by atoms with van der Waals surface area (Å²) in [6.45, 7) is 7.15. The van der Waals surface area contributed by atoms with Crippen LogP contribution >= 0.6 is 0 Å². The number of halogens is 2. The highest BCUT2D eigenvalue weighted by atomic mass is 19.1. The molecule has 2 heterocycles. The standard InChI is InChI=1S/C27H34F2N4O4/c1-20-24(19-32(10-13-35-2)18-23(34)17-31-11-14-36-15-12-31)27(33(30-20)22-6-4-3-5-7-22)37-26-9-8-21(28)16-25(26)29/h3-9,16,23,34H,10-15,17-19H2,1-2H3/t23-/m0/s1. The number of morpholine rings is 1. The average Bonchev–Trinajstić information content (AvgIpc) is 3.19. The fourth-order valence-electron chi connectivity index (χ4n) is 4.35. The maximum absolute atomic E-state index is 14.6. The zero-order chi connectivity index (χ0) is 26.2. The molecular weight excluding hydrogens is 482 g/mol. The predicted molar refractivity (Wildman–Crippen MR) is 135 cm³/mol. The van der Waals surface area contributed by atoms with Crippen LogP contribution in [0, 0.1) is 18.6 Å². The molecule has 1 N–H and O–H groups in total. The van der Waals surface area contributed by atoms with Gasteiger partial charge in [-0.2, -0.15) is 5.10 Å². The van der Waals surface area contributed by atoms with Crippen molar-refractivity contribution in [1.82, 2.24) is 19.6 Å². The van der Waals surface area contributed by atoms with E-state index >= 15 is 0 Å². The number of methoxy groups -OCH3 is 1. The molecule has 1 aromatic heterocycles. The highest BCUT2D eigenvalue weighted by Gasteiger charge is 2.24. The monoisotopic (exact) mass is 516 g/mol. The Morgan fingerprint density at radius 1 is 1.14 bits per heavy atom. The third-order valence-corrected chi connectivity index (χ3v) is 6.27. The third kappa shape index (κ3) is 7.33. The van der Waals surface area contributed by atoms with Crippen LogP contribution in [0.3, 0.4) is 0 Å². The van der Waals surface area contributed by atoms with Crippen LogP contribution in [0.25, 0.3) is 5.69 Å². The van der Waals surface area contributed by atoms with E-state index in [4.69, 9.17) is 14.2 Å². The Bertz CT molecular complexity index is 1140. The van der Waals surface area contributed by atoms with Gasteiger partial charge in [-0.1, -0.05) is 18.2 Å². The molecule has 0 aliphatic carbocycles. The van der Waals surface area contributed by atoms with Crippen molar-refractivity contribution in [1.29, 1.82) is 0 Å². The van der Waals surface area contributed by atoms with Gasteiger partial charge in [0.1, 0.15) is 5.82 Å². The normalized spacial score (nSPS) is 15.3.